The fraction of sp³-hybridized carbons (Fsp3) is 0.281. The van der Waals surface area contributed by atoms with Crippen LogP contribution in [0, 0.1) is 12.7 Å². The maximum atomic E-state index is 14.7. The minimum absolute atomic E-state index is 0.00948. The molecule has 3 aromatic carbocycles. The van der Waals surface area contributed by atoms with Gasteiger partial charge in [0.15, 0.2) is 0 Å². The highest BCUT2D eigenvalue weighted by Gasteiger charge is 2.32. The van der Waals surface area contributed by atoms with Gasteiger partial charge in [-0.3, -0.25) is 4.79 Å². The van der Waals surface area contributed by atoms with Gasteiger partial charge in [-0.1, -0.05) is 60.7 Å². The average Bonchev–Trinajstić information content (AvgIpc) is 3.32. The Morgan fingerprint density at radius 3 is 2.46 bits per heavy atom. The van der Waals surface area contributed by atoms with Crippen molar-refractivity contribution in [2.24, 2.45) is 5.73 Å². The summed E-state index contributed by atoms with van der Waals surface area (Å²) < 4.78 is 20.8. The Balaban J connectivity index is 1.56. The van der Waals surface area contributed by atoms with E-state index in [1.54, 1.807) is 13.2 Å². The van der Waals surface area contributed by atoms with Crippen LogP contribution in [0.2, 0.25) is 5.02 Å². The number of rotatable bonds is 7. The minimum atomic E-state index is -0.367. The summed E-state index contributed by atoms with van der Waals surface area (Å²) in [5.74, 6) is 0.146. The molecule has 0 aliphatic heterocycles. The summed E-state index contributed by atoms with van der Waals surface area (Å²) in [7, 11) is 1.64. The zero-order valence-electron chi connectivity index (χ0n) is 22.2. The first-order chi connectivity index (χ1) is 18.8. The molecule has 1 aliphatic rings. The lowest BCUT2D eigenvalue weighted by Gasteiger charge is -2.36. The Kier molecular flexibility index (Phi) is 8.08. The molecule has 39 heavy (non-hydrogen) atoms. The molecule has 1 aliphatic carbocycles. The Morgan fingerprint density at radius 1 is 1.13 bits per heavy atom. The summed E-state index contributed by atoms with van der Waals surface area (Å²) in [6, 6.07) is 17.5. The zero-order chi connectivity index (χ0) is 27.7. The lowest BCUT2D eigenvalue weighted by Crippen LogP contribution is -2.43. The van der Waals surface area contributed by atoms with Gasteiger partial charge in [0.2, 0.25) is 0 Å². The highest BCUT2D eigenvalue weighted by Crippen LogP contribution is 2.41. The number of thiophene rings is 1. The number of fused-ring (bicyclic) bond motifs is 1. The van der Waals surface area contributed by atoms with Crippen molar-refractivity contribution in [3.8, 4) is 16.9 Å². The maximum Gasteiger partial charge on any atom is 0.266 e. The fourth-order valence-corrected chi connectivity index (χ4v) is 7.04. The summed E-state index contributed by atoms with van der Waals surface area (Å²) in [6.07, 6.45) is 5.10. The van der Waals surface area contributed by atoms with Crippen molar-refractivity contribution in [3.63, 3.8) is 0 Å². The zero-order valence-corrected chi connectivity index (χ0v) is 23.7. The van der Waals surface area contributed by atoms with Crippen LogP contribution in [0.4, 0.5) is 4.39 Å². The third-order valence-electron chi connectivity index (χ3n) is 7.68. The molecule has 7 heteroatoms. The van der Waals surface area contributed by atoms with Crippen LogP contribution < -0.4 is 10.5 Å². The average molecular weight is 563 g/mol. The van der Waals surface area contributed by atoms with E-state index >= 15 is 0 Å². The molecule has 1 heterocycles. The molecule has 1 aromatic heterocycles. The Bertz CT molecular complexity index is 1520. The number of carbonyl (C=O) groups is 1. The van der Waals surface area contributed by atoms with E-state index in [0.717, 1.165) is 64.8 Å². The normalized spacial score (nSPS) is 17.3. The van der Waals surface area contributed by atoms with E-state index in [1.807, 2.05) is 42.2 Å². The number of ether oxygens (including phenoxy) is 1. The number of hydrogen-bond donors (Lipinski definition) is 1. The van der Waals surface area contributed by atoms with Gasteiger partial charge in [0.05, 0.1) is 16.8 Å². The first-order valence-corrected chi connectivity index (χ1v) is 14.3. The van der Waals surface area contributed by atoms with Crippen LogP contribution in [0.1, 0.15) is 52.0 Å². The molecule has 2 N–H and O–H groups in total. The van der Waals surface area contributed by atoms with Crippen LogP contribution in [0.15, 0.2) is 61.2 Å². The van der Waals surface area contributed by atoms with Gasteiger partial charge in [-0.05, 0) is 73.1 Å². The summed E-state index contributed by atoms with van der Waals surface area (Å²) >= 11 is 7.90. The van der Waals surface area contributed by atoms with E-state index in [9.17, 15) is 9.18 Å². The fourth-order valence-electron chi connectivity index (χ4n) is 5.41. The molecule has 1 saturated carbocycles. The summed E-state index contributed by atoms with van der Waals surface area (Å²) in [5.41, 5.74) is 11.1. The van der Waals surface area contributed by atoms with Crippen molar-refractivity contribution >= 4 is 45.0 Å². The molecule has 4 nitrogen and oxygen atoms in total. The van der Waals surface area contributed by atoms with Gasteiger partial charge >= 0.3 is 0 Å². The maximum absolute atomic E-state index is 14.7. The molecule has 0 unspecified atom stereocenters. The van der Waals surface area contributed by atoms with E-state index in [4.69, 9.17) is 22.1 Å². The van der Waals surface area contributed by atoms with Gasteiger partial charge in [-0.25, -0.2) is 4.39 Å². The second kappa shape index (κ2) is 11.5. The van der Waals surface area contributed by atoms with Gasteiger partial charge in [0.25, 0.3) is 5.91 Å². The van der Waals surface area contributed by atoms with E-state index < -0.39 is 0 Å². The quantitative estimate of drug-likeness (QED) is 0.247. The number of aryl methyl sites for hydroxylation is 1. The van der Waals surface area contributed by atoms with Crippen LogP contribution in [0.3, 0.4) is 0 Å². The van der Waals surface area contributed by atoms with Crippen molar-refractivity contribution in [2.45, 2.75) is 51.2 Å². The first kappa shape index (κ1) is 27.4. The summed E-state index contributed by atoms with van der Waals surface area (Å²) in [5, 5.41) is 0.927. The van der Waals surface area contributed by atoms with Gasteiger partial charge in [-0.2, -0.15) is 0 Å². The second-order valence-corrected chi connectivity index (χ2v) is 11.6. The van der Waals surface area contributed by atoms with Crippen LogP contribution in [-0.4, -0.2) is 30.0 Å². The predicted molar refractivity (Wildman–Crippen MR) is 160 cm³/mol. The number of nitrogens with zero attached hydrogens (tertiary/aromatic N) is 1. The molecule has 202 valence electrons. The van der Waals surface area contributed by atoms with Crippen LogP contribution >= 0.6 is 22.9 Å². The predicted octanol–water partition coefficient (Wildman–Crippen LogP) is 8.23. The number of hydrogen-bond acceptors (Lipinski definition) is 4. The van der Waals surface area contributed by atoms with Crippen molar-refractivity contribution in [1.29, 1.82) is 0 Å². The lowest BCUT2D eigenvalue weighted by atomic mass is 9.90. The molecule has 0 bridgehead atoms. The Labute approximate surface area is 237 Å². The highest BCUT2D eigenvalue weighted by molar-refractivity contribution is 7.21. The highest BCUT2D eigenvalue weighted by atomic mass is 35.5. The molecule has 0 saturated heterocycles. The molecule has 4 aromatic rings. The Hall–Kier alpha value is -3.19. The summed E-state index contributed by atoms with van der Waals surface area (Å²) in [6.45, 7) is 6.05. The smallest absolute Gasteiger partial charge is 0.266 e. The van der Waals surface area contributed by atoms with Gasteiger partial charge in [0, 0.05) is 29.6 Å². The van der Waals surface area contributed by atoms with Crippen LogP contribution in [0.25, 0.3) is 27.3 Å². The molecule has 5 rings (SSSR count). The molecule has 1 amide bonds. The largest absolute Gasteiger partial charge is 0.496 e. The van der Waals surface area contributed by atoms with Crippen molar-refractivity contribution in [3.05, 3.63) is 93.6 Å². The van der Waals surface area contributed by atoms with Crippen molar-refractivity contribution < 1.29 is 13.9 Å². The number of halogens is 2. The SMILES string of the molecule is C=Cc1ccc(-c2ccc(OC)c(CN(C(=O)c3sc4c(F)ccc(C)c4c3Cl)C3CCC(N)CC3)c2)cc1. The Morgan fingerprint density at radius 2 is 1.82 bits per heavy atom. The van der Waals surface area contributed by atoms with Crippen LogP contribution in [0.5, 0.6) is 5.75 Å². The van der Waals surface area contributed by atoms with E-state index in [-0.39, 0.29) is 23.8 Å². The van der Waals surface area contributed by atoms with Crippen LogP contribution in [-0.2, 0) is 6.54 Å². The van der Waals surface area contributed by atoms with Crippen molar-refractivity contribution in [2.75, 3.05) is 7.11 Å². The molecule has 0 spiro atoms. The lowest BCUT2D eigenvalue weighted by molar-refractivity contribution is 0.0610. The molecule has 0 radical (unpaired) electrons. The third kappa shape index (κ3) is 5.46. The number of carbonyl (C=O) groups excluding carboxylic acids is 1. The van der Waals surface area contributed by atoms with Gasteiger partial charge < -0.3 is 15.4 Å². The molecular formula is C32H32ClFN2O2S. The number of methoxy groups -OCH3 is 1. The topological polar surface area (TPSA) is 55.6 Å². The number of amides is 1. The van der Waals surface area contributed by atoms with E-state index in [2.05, 4.69) is 24.8 Å². The molecule has 1 fully saturated rings. The number of benzene rings is 3. The summed E-state index contributed by atoms with van der Waals surface area (Å²) in [4.78, 5) is 16.5. The number of nitrogens with two attached hydrogens (primary N) is 1. The second-order valence-electron chi connectivity index (χ2n) is 10.2. The minimum Gasteiger partial charge on any atom is -0.496 e. The standard InChI is InChI=1S/C32H32ClFN2O2S/c1-4-20-6-8-21(9-7-20)22-10-16-27(38-3)23(17-22)18-36(25-13-11-24(35)12-14-25)32(37)31-29(33)28-19(2)5-15-26(34)30(28)39-31/h4-10,15-17,24-25H,1,11-14,18,35H2,2-3H3. The third-order valence-corrected chi connectivity index (χ3v) is 9.36. The van der Waals surface area contributed by atoms with E-state index in [1.165, 1.54) is 6.07 Å². The molecule has 0 atom stereocenters. The van der Waals surface area contributed by atoms with Gasteiger partial charge in [0.1, 0.15) is 16.4 Å². The van der Waals surface area contributed by atoms with Gasteiger partial charge in [-0.15, -0.1) is 11.3 Å². The molecular weight excluding hydrogens is 531 g/mol. The monoisotopic (exact) mass is 562 g/mol. The first-order valence-electron chi connectivity index (χ1n) is 13.1. The van der Waals surface area contributed by atoms with Crippen molar-refractivity contribution in [1.82, 2.24) is 4.90 Å². The van der Waals surface area contributed by atoms with E-state index in [0.29, 0.717) is 32.3 Å².